The van der Waals surface area contributed by atoms with E-state index in [1.54, 1.807) is 0 Å². The third kappa shape index (κ3) is 1.87. The molecule has 2 nitrogen and oxygen atoms in total. The first kappa shape index (κ1) is 11.0. The minimum Gasteiger partial charge on any atom is -0.276 e. The van der Waals surface area contributed by atoms with Crippen LogP contribution in [0.25, 0.3) is 0 Å². The summed E-state index contributed by atoms with van der Waals surface area (Å²) in [5.74, 6) is -1.03. The molecule has 1 rings (SSSR count). The molecule has 14 heavy (non-hydrogen) atoms. The lowest BCUT2D eigenvalue weighted by molar-refractivity contribution is 0.106. The van der Waals surface area contributed by atoms with Crippen molar-refractivity contribution < 1.29 is 18.0 Å². The minimum atomic E-state index is -2.95. The Kier molecular flexibility index (Phi) is 3.10. The van der Waals surface area contributed by atoms with Crippen molar-refractivity contribution in [2.45, 2.75) is 13.3 Å². The lowest BCUT2D eigenvalue weighted by Crippen LogP contribution is -2.05. The molecule has 0 saturated carbocycles. The molecule has 1 aromatic heterocycles. The zero-order valence-electron chi connectivity index (χ0n) is 7.02. The van der Waals surface area contributed by atoms with Crippen LogP contribution in [0, 0.1) is 12.9 Å². The Morgan fingerprint density at radius 1 is 1.57 bits per heavy atom. The normalized spacial score (nSPS) is 10.7. The number of pyridine rings is 1. The Hall–Kier alpha value is -1.10. The SMILES string of the molecule is Cc1c(F)ncc(C(=O)Cl)c1C(F)F. The number of alkyl halides is 2. The molecular weight excluding hydrogens is 219 g/mol. The molecule has 0 aliphatic rings. The van der Waals surface area contributed by atoms with Crippen LogP contribution in [-0.4, -0.2) is 10.2 Å². The van der Waals surface area contributed by atoms with E-state index in [1.165, 1.54) is 0 Å². The Balaban J connectivity index is 3.45. The van der Waals surface area contributed by atoms with Crippen molar-refractivity contribution >= 4 is 16.8 Å². The minimum absolute atomic E-state index is 0.355. The second-order valence-corrected chi connectivity index (χ2v) is 2.92. The molecule has 0 saturated heterocycles. The molecule has 0 bridgehead atoms. The van der Waals surface area contributed by atoms with Crippen molar-refractivity contribution in [1.82, 2.24) is 4.98 Å². The highest BCUT2D eigenvalue weighted by atomic mass is 35.5. The fraction of sp³-hybridized carbons (Fsp3) is 0.250. The maximum atomic E-state index is 12.8. The molecule has 0 aromatic carbocycles. The molecule has 1 aromatic rings. The fourth-order valence-electron chi connectivity index (χ4n) is 1.04. The summed E-state index contributed by atoms with van der Waals surface area (Å²) >= 11 is 5.04. The summed E-state index contributed by atoms with van der Waals surface area (Å²) in [4.78, 5) is 13.8. The third-order valence-corrected chi connectivity index (χ3v) is 1.94. The second kappa shape index (κ2) is 3.96. The maximum Gasteiger partial charge on any atom is 0.265 e. The van der Waals surface area contributed by atoms with Gasteiger partial charge >= 0.3 is 0 Å². The van der Waals surface area contributed by atoms with Crippen molar-refractivity contribution in [2.75, 3.05) is 0 Å². The van der Waals surface area contributed by atoms with Crippen LogP contribution in [0.5, 0.6) is 0 Å². The monoisotopic (exact) mass is 223 g/mol. The first-order valence-corrected chi connectivity index (χ1v) is 3.96. The number of halogens is 4. The summed E-state index contributed by atoms with van der Waals surface area (Å²) in [5, 5.41) is -1.07. The molecular formula is C8H5ClF3NO. The molecule has 0 unspecified atom stereocenters. The van der Waals surface area contributed by atoms with Gasteiger partial charge in [0.05, 0.1) is 5.56 Å². The van der Waals surface area contributed by atoms with Crippen LogP contribution in [0.15, 0.2) is 6.20 Å². The summed E-state index contributed by atoms with van der Waals surface area (Å²) in [6.07, 6.45) is -2.25. The quantitative estimate of drug-likeness (QED) is 0.570. The Morgan fingerprint density at radius 3 is 2.57 bits per heavy atom. The van der Waals surface area contributed by atoms with Gasteiger partial charge in [-0.2, -0.15) is 4.39 Å². The number of rotatable bonds is 2. The predicted molar refractivity (Wildman–Crippen MR) is 44.1 cm³/mol. The molecule has 0 amide bonds. The summed E-state index contributed by atoms with van der Waals surface area (Å²) < 4.78 is 37.6. The van der Waals surface area contributed by atoms with Gasteiger partial charge in [-0.3, -0.25) is 4.79 Å². The van der Waals surface area contributed by atoms with Crippen LogP contribution < -0.4 is 0 Å². The van der Waals surface area contributed by atoms with E-state index in [0.717, 1.165) is 6.92 Å². The van der Waals surface area contributed by atoms with E-state index < -0.39 is 28.7 Å². The molecule has 0 N–H and O–H groups in total. The highest BCUT2D eigenvalue weighted by Crippen LogP contribution is 2.27. The van der Waals surface area contributed by atoms with E-state index in [2.05, 4.69) is 4.98 Å². The zero-order chi connectivity index (χ0) is 10.9. The molecule has 1 heterocycles. The average Bonchev–Trinajstić information content (AvgIpc) is 2.08. The molecule has 0 spiro atoms. The molecule has 76 valence electrons. The third-order valence-electron chi connectivity index (χ3n) is 1.74. The molecule has 0 radical (unpaired) electrons. The molecule has 0 fully saturated rings. The largest absolute Gasteiger partial charge is 0.276 e. The van der Waals surface area contributed by atoms with Gasteiger partial charge in [-0.1, -0.05) is 0 Å². The first-order valence-electron chi connectivity index (χ1n) is 3.58. The van der Waals surface area contributed by atoms with Crippen molar-refractivity contribution in [3.8, 4) is 0 Å². The van der Waals surface area contributed by atoms with Gasteiger partial charge < -0.3 is 0 Å². The number of hydrogen-bond donors (Lipinski definition) is 0. The van der Waals surface area contributed by atoms with Gasteiger partial charge in [0.1, 0.15) is 0 Å². The van der Waals surface area contributed by atoms with Crippen LogP contribution in [-0.2, 0) is 0 Å². The van der Waals surface area contributed by atoms with Gasteiger partial charge in [0, 0.05) is 17.3 Å². The van der Waals surface area contributed by atoms with E-state index in [-0.39, 0.29) is 5.56 Å². The van der Waals surface area contributed by atoms with Crippen LogP contribution in [0.2, 0.25) is 0 Å². The lowest BCUT2D eigenvalue weighted by Gasteiger charge is -2.08. The Bertz CT molecular complexity index is 381. The van der Waals surface area contributed by atoms with Crippen LogP contribution >= 0.6 is 11.6 Å². The highest BCUT2D eigenvalue weighted by molar-refractivity contribution is 6.67. The smallest absolute Gasteiger partial charge is 0.265 e. The van der Waals surface area contributed by atoms with Gasteiger partial charge in [0.25, 0.3) is 11.7 Å². The predicted octanol–water partition coefficient (Wildman–Crippen LogP) is 2.85. The summed E-state index contributed by atoms with van der Waals surface area (Å²) in [6, 6.07) is 0. The molecule has 0 aliphatic heterocycles. The van der Waals surface area contributed by atoms with Crippen molar-refractivity contribution in [3.05, 3.63) is 28.8 Å². The van der Waals surface area contributed by atoms with E-state index >= 15 is 0 Å². The molecule has 6 heteroatoms. The van der Waals surface area contributed by atoms with E-state index in [1.807, 2.05) is 0 Å². The Labute approximate surface area is 82.7 Å². The fourth-order valence-corrected chi connectivity index (χ4v) is 1.19. The highest BCUT2D eigenvalue weighted by Gasteiger charge is 2.22. The van der Waals surface area contributed by atoms with Gasteiger partial charge in [0.15, 0.2) is 0 Å². The number of hydrogen-bond acceptors (Lipinski definition) is 2. The van der Waals surface area contributed by atoms with E-state index in [0.29, 0.717) is 6.20 Å². The van der Waals surface area contributed by atoms with Crippen LogP contribution in [0.1, 0.15) is 27.9 Å². The average molecular weight is 224 g/mol. The number of nitrogens with zero attached hydrogens (tertiary/aromatic N) is 1. The van der Waals surface area contributed by atoms with E-state index in [9.17, 15) is 18.0 Å². The van der Waals surface area contributed by atoms with Gasteiger partial charge in [-0.05, 0) is 18.5 Å². The van der Waals surface area contributed by atoms with Crippen molar-refractivity contribution in [2.24, 2.45) is 0 Å². The summed E-state index contributed by atoms with van der Waals surface area (Å²) in [6.45, 7) is 1.12. The number of carbonyl (C=O) groups is 1. The second-order valence-electron chi connectivity index (χ2n) is 2.58. The maximum absolute atomic E-state index is 12.8. The van der Waals surface area contributed by atoms with Crippen molar-refractivity contribution in [3.63, 3.8) is 0 Å². The van der Waals surface area contributed by atoms with E-state index in [4.69, 9.17) is 11.6 Å². The standard InChI is InChI=1S/C8H5ClF3NO/c1-3-5(7(10)11)4(6(9)14)2-13-8(3)12/h2,7H,1H3. The number of carbonyl (C=O) groups excluding carboxylic acids is 1. The van der Waals surface area contributed by atoms with Crippen LogP contribution in [0.3, 0.4) is 0 Å². The van der Waals surface area contributed by atoms with Gasteiger partial charge in [-0.25, -0.2) is 13.8 Å². The summed E-state index contributed by atoms with van der Waals surface area (Å²) in [5.41, 5.74) is -1.51. The Morgan fingerprint density at radius 2 is 2.14 bits per heavy atom. The topological polar surface area (TPSA) is 30.0 Å². The van der Waals surface area contributed by atoms with Gasteiger partial charge in [-0.15, -0.1) is 0 Å². The first-order chi connectivity index (χ1) is 6.45. The van der Waals surface area contributed by atoms with Crippen molar-refractivity contribution in [1.29, 1.82) is 0 Å². The van der Waals surface area contributed by atoms with Gasteiger partial charge in [0.2, 0.25) is 5.95 Å². The number of aromatic nitrogens is 1. The molecule has 0 atom stereocenters. The zero-order valence-corrected chi connectivity index (χ0v) is 7.78. The van der Waals surface area contributed by atoms with Crippen LogP contribution in [0.4, 0.5) is 13.2 Å². The lowest BCUT2D eigenvalue weighted by atomic mass is 10.1. The molecule has 0 aliphatic carbocycles. The summed E-state index contributed by atoms with van der Waals surface area (Å²) in [7, 11) is 0.